The predicted molar refractivity (Wildman–Crippen MR) is 89.8 cm³/mol. The molecule has 1 fully saturated rings. The van der Waals surface area contributed by atoms with Crippen LogP contribution in [0.15, 0.2) is 36.5 Å². The van der Waals surface area contributed by atoms with E-state index in [1.54, 1.807) is 10.8 Å². The van der Waals surface area contributed by atoms with Crippen molar-refractivity contribution in [3.05, 3.63) is 47.0 Å². The summed E-state index contributed by atoms with van der Waals surface area (Å²) >= 11 is 5.32. The summed E-state index contributed by atoms with van der Waals surface area (Å²) in [4.78, 5) is 15.6. The fraction of sp³-hybridized carbons (Fsp3) is 0.412. The molecule has 1 aliphatic rings. The zero-order valence-corrected chi connectivity index (χ0v) is 13.5. The Labute approximate surface area is 135 Å². The average Bonchev–Trinajstić information content (AvgIpc) is 2.92. The molecule has 0 saturated heterocycles. The number of nitrogens with zero attached hydrogens (tertiary/aromatic N) is 1. The highest BCUT2D eigenvalue weighted by Gasteiger charge is 2.22. The Morgan fingerprint density at radius 3 is 2.59 bits per heavy atom. The number of amides is 1. The number of aromatic amines is 1. The Balaban J connectivity index is 1.81. The fourth-order valence-electron chi connectivity index (χ4n) is 3.03. The molecule has 0 radical (unpaired) electrons. The minimum atomic E-state index is -0.0595. The monoisotopic (exact) mass is 315 g/mol. The van der Waals surface area contributed by atoms with Crippen molar-refractivity contribution in [1.82, 2.24) is 14.9 Å². The number of hydrogen-bond acceptors (Lipinski definition) is 2. The van der Waals surface area contributed by atoms with Gasteiger partial charge in [0.25, 0.3) is 5.91 Å². The number of hydrogen-bond donors (Lipinski definition) is 2. The van der Waals surface area contributed by atoms with E-state index in [1.807, 2.05) is 30.3 Å². The molecule has 5 heteroatoms. The minimum Gasteiger partial charge on any atom is -0.348 e. The van der Waals surface area contributed by atoms with Crippen LogP contribution in [-0.2, 0) is 0 Å². The highest BCUT2D eigenvalue weighted by molar-refractivity contribution is 7.71. The van der Waals surface area contributed by atoms with Gasteiger partial charge < -0.3 is 10.3 Å². The van der Waals surface area contributed by atoms with Crippen LogP contribution in [0.25, 0.3) is 5.69 Å². The number of para-hydroxylation sites is 1. The van der Waals surface area contributed by atoms with Crippen LogP contribution in [-0.4, -0.2) is 21.5 Å². The first kappa shape index (κ1) is 15.0. The molecule has 2 aromatic rings. The van der Waals surface area contributed by atoms with Crippen LogP contribution < -0.4 is 5.32 Å². The summed E-state index contributed by atoms with van der Waals surface area (Å²) in [5.41, 5.74) is 1.46. The summed E-state index contributed by atoms with van der Waals surface area (Å²) in [6.07, 6.45) is 6.18. The van der Waals surface area contributed by atoms with Crippen LogP contribution in [0.4, 0.5) is 0 Å². The molecular weight excluding hydrogens is 294 g/mol. The van der Waals surface area contributed by atoms with Crippen molar-refractivity contribution in [3.8, 4) is 5.69 Å². The van der Waals surface area contributed by atoms with Gasteiger partial charge in [-0.2, -0.15) is 0 Å². The molecule has 1 aromatic carbocycles. The molecule has 2 N–H and O–H groups in total. The van der Waals surface area contributed by atoms with E-state index in [0.29, 0.717) is 10.5 Å². The van der Waals surface area contributed by atoms with Crippen LogP contribution in [0.1, 0.15) is 43.1 Å². The van der Waals surface area contributed by atoms with E-state index in [0.717, 1.165) is 24.4 Å². The van der Waals surface area contributed by atoms with Crippen molar-refractivity contribution in [1.29, 1.82) is 0 Å². The SMILES string of the molecule is CC1CCC(NC(=O)c2c[nH]c(=S)n2-c2ccccc2)CC1. The van der Waals surface area contributed by atoms with Crippen LogP contribution >= 0.6 is 12.2 Å². The van der Waals surface area contributed by atoms with Gasteiger partial charge >= 0.3 is 0 Å². The van der Waals surface area contributed by atoms with E-state index in [2.05, 4.69) is 17.2 Å². The zero-order valence-electron chi connectivity index (χ0n) is 12.7. The summed E-state index contributed by atoms with van der Waals surface area (Å²) in [6, 6.07) is 9.99. The van der Waals surface area contributed by atoms with Gasteiger partial charge in [0, 0.05) is 17.9 Å². The third-order valence-corrected chi connectivity index (χ3v) is 4.67. The number of benzene rings is 1. The Hall–Kier alpha value is -1.88. The van der Waals surface area contributed by atoms with Gasteiger partial charge in [-0.05, 0) is 56.0 Å². The molecular formula is C17H21N3OS. The lowest BCUT2D eigenvalue weighted by Gasteiger charge is -2.26. The second kappa shape index (κ2) is 6.48. The lowest BCUT2D eigenvalue weighted by Crippen LogP contribution is -2.38. The van der Waals surface area contributed by atoms with Crippen molar-refractivity contribution in [3.63, 3.8) is 0 Å². The van der Waals surface area contributed by atoms with E-state index >= 15 is 0 Å². The summed E-state index contributed by atoms with van der Waals surface area (Å²) in [6.45, 7) is 2.27. The van der Waals surface area contributed by atoms with E-state index in [1.165, 1.54) is 12.8 Å². The third kappa shape index (κ3) is 3.14. The van der Waals surface area contributed by atoms with Crippen LogP contribution in [0.2, 0.25) is 0 Å². The van der Waals surface area contributed by atoms with Crippen molar-refractivity contribution >= 4 is 18.1 Å². The maximum Gasteiger partial charge on any atom is 0.270 e. The number of aromatic nitrogens is 2. The third-order valence-electron chi connectivity index (χ3n) is 4.37. The van der Waals surface area contributed by atoms with E-state index in [-0.39, 0.29) is 11.9 Å². The van der Waals surface area contributed by atoms with Gasteiger partial charge in [0.05, 0.1) is 0 Å². The number of carbonyl (C=O) groups excluding carboxylic acids is 1. The molecule has 116 valence electrons. The van der Waals surface area contributed by atoms with Gasteiger partial charge in [0.2, 0.25) is 0 Å². The summed E-state index contributed by atoms with van der Waals surface area (Å²) in [7, 11) is 0. The van der Waals surface area contributed by atoms with Gasteiger partial charge in [-0.25, -0.2) is 0 Å². The molecule has 0 bridgehead atoms. The van der Waals surface area contributed by atoms with Crippen LogP contribution in [0.3, 0.4) is 0 Å². The minimum absolute atomic E-state index is 0.0595. The van der Waals surface area contributed by atoms with Crippen LogP contribution in [0.5, 0.6) is 0 Å². The highest BCUT2D eigenvalue weighted by Crippen LogP contribution is 2.23. The first-order valence-corrected chi connectivity index (χ1v) is 8.22. The first-order chi connectivity index (χ1) is 10.6. The van der Waals surface area contributed by atoms with Gasteiger partial charge in [-0.15, -0.1) is 0 Å². The molecule has 22 heavy (non-hydrogen) atoms. The van der Waals surface area contributed by atoms with Crippen molar-refractivity contribution < 1.29 is 4.79 Å². The van der Waals surface area contributed by atoms with Gasteiger partial charge in [-0.1, -0.05) is 25.1 Å². The van der Waals surface area contributed by atoms with Gasteiger partial charge in [0.1, 0.15) is 5.69 Å². The summed E-state index contributed by atoms with van der Waals surface area (Å²) < 4.78 is 2.32. The van der Waals surface area contributed by atoms with Crippen LogP contribution in [0, 0.1) is 10.7 Å². The molecule has 0 aliphatic heterocycles. The predicted octanol–water partition coefficient (Wildman–Crippen LogP) is 3.84. The zero-order chi connectivity index (χ0) is 15.5. The Morgan fingerprint density at radius 1 is 1.23 bits per heavy atom. The molecule has 1 heterocycles. The summed E-state index contributed by atoms with van der Waals surface area (Å²) in [5, 5.41) is 3.15. The second-order valence-corrected chi connectivity index (χ2v) is 6.47. The normalized spacial score (nSPS) is 21.5. The lowest BCUT2D eigenvalue weighted by atomic mass is 9.87. The molecule has 3 rings (SSSR count). The van der Waals surface area contributed by atoms with Crippen molar-refractivity contribution in [2.24, 2.45) is 5.92 Å². The van der Waals surface area contributed by atoms with Gasteiger partial charge in [-0.3, -0.25) is 9.36 Å². The summed E-state index contributed by atoms with van der Waals surface area (Å²) in [5.74, 6) is 0.713. The lowest BCUT2D eigenvalue weighted by molar-refractivity contribution is 0.0916. The largest absolute Gasteiger partial charge is 0.348 e. The Bertz CT molecular complexity index is 696. The maximum absolute atomic E-state index is 12.6. The smallest absolute Gasteiger partial charge is 0.270 e. The first-order valence-electron chi connectivity index (χ1n) is 7.82. The number of carbonyl (C=O) groups is 1. The average molecular weight is 315 g/mol. The van der Waals surface area contributed by atoms with Crippen molar-refractivity contribution in [2.45, 2.75) is 38.6 Å². The highest BCUT2D eigenvalue weighted by atomic mass is 32.1. The number of H-pyrrole nitrogens is 1. The second-order valence-electron chi connectivity index (χ2n) is 6.08. The number of rotatable bonds is 3. The molecule has 1 aromatic heterocycles. The molecule has 0 spiro atoms. The van der Waals surface area contributed by atoms with Gasteiger partial charge in [0.15, 0.2) is 4.77 Å². The Morgan fingerprint density at radius 2 is 1.91 bits per heavy atom. The van der Waals surface area contributed by atoms with E-state index in [4.69, 9.17) is 12.2 Å². The topological polar surface area (TPSA) is 49.8 Å². The quantitative estimate of drug-likeness (QED) is 0.845. The fourth-order valence-corrected chi connectivity index (χ4v) is 3.30. The molecule has 1 saturated carbocycles. The number of nitrogens with one attached hydrogen (secondary N) is 2. The molecule has 0 unspecified atom stereocenters. The number of imidazole rings is 1. The van der Waals surface area contributed by atoms with E-state index in [9.17, 15) is 4.79 Å². The molecule has 0 atom stereocenters. The molecule has 1 amide bonds. The molecule has 1 aliphatic carbocycles. The maximum atomic E-state index is 12.6. The Kier molecular flexibility index (Phi) is 4.43. The molecule has 4 nitrogen and oxygen atoms in total. The standard InChI is InChI=1S/C17H21N3OS/c1-12-7-9-13(10-8-12)19-16(21)15-11-18-17(22)20(15)14-5-3-2-4-6-14/h2-6,11-13H,7-10H2,1H3,(H,18,22)(H,19,21). The van der Waals surface area contributed by atoms with E-state index < -0.39 is 0 Å². The van der Waals surface area contributed by atoms with Crippen molar-refractivity contribution in [2.75, 3.05) is 0 Å².